The van der Waals surface area contributed by atoms with Crippen LogP contribution in [0.15, 0.2) is 84.9 Å². The van der Waals surface area contributed by atoms with Crippen molar-refractivity contribution >= 4 is 21.8 Å². The third-order valence-electron chi connectivity index (χ3n) is 6.63. The third kappa shape index (κ3) is 2.12. The molecule has 0 bridgehead atoms. The van der Waals surface area contributed by atoms with Gasteiger partial charge in [0.2, 0.25) is 0 Å². The maximum absolute atomic E-state index is 9.38. The first-order valence-electron chi connectivity index (χ1n) is 10.3. The lowest BCUT2D eigenvalue weighted by Crippen LogP contribution is -2.14. The van der Waals surface area contributed by atoms with Crippen molar-refractivity contribution in [1.82, 2.24) is 4.57 Å². The number of benzene rings is 4. The molecule has 5 aromatic rings. The summed E-state index contributed by atoms with van der Waals surface area (Å²) in [6.07, 6.45) is 0. The zero-order chi connectivity index (χ0) is 20.5. The molecule has 0 saturated carbocycles. The van der Waals surface area contributed by atoms with Crippen LogP contribution in [0.5, 0.6) is 0 Å². The summed E-state index contributed by atoms with van der Waals surface area (Å²) in [6, 6.07) is 32.3. The molecule has 30 heavy (non-hydrogen) atoms. The molecule has 0 unspecified atom stereocenters. The Morgan fingerprint density at radius 1 is 0.700 bits per heavy atom. The molecular weight excluding hydrogens is 364 g/mol. The predicted octanol–water partition coefficient (Wildman–Crippen LogP) is 6.96. The minimum Gasteiger partial charge on any atom is -0.309 e. The lowest BCUT2D eigenvalue weighted by molar-refractivity contribution is 0.660. The van der Waals surface area contributed by atoms with Gasteiger partial charge >= 0.3 is 0 Å². The first kappa shape index (κ1) is 17.1. The molecule has 142 valence electrons. The van der Waals surface area contributed by atoms with Crippen LogP contribution in [-0.2, 0) is 5.41 Å². The number of fused-ring (bicyclic) bond motifs is 6. The van der Waals surface area contributed by atoms with E-state index in [-0.39, 0.29) is 5.41 Å². The molecular formula is C28H20N2. The molecule has 0 fully saturated rings. The van der Waals surface area contributed by atoms with Crippen molar-refractivity contribution in [2.75, 3.05) is 0 Å². The highest BCUT2D eigenvalue weighted by molar-refractivity contribution is 6.09. The molecule has 0 radical (unpaired) electrons. The molecule has 0 spiro atoms. The lowest BCUT2D eigenvalue weighted by Gasteiger charge is -2.21. The standard InChI is InChI=1S/C28H20N2/c1-28(2)24-9-5-3-7-20(24)22-16-19(12-13-25(22)28)30-26-10-6-4-8-21(26)23-15-18(17-29)11-14-27(23)30/h3-16H,1-2H3. The zero-order valence-corrected chi connectivity index (χ0v) is 17.0. The number of rotatable bonds is 1. The minimum absolute atomic E-state index is 0.00692. The number of nitriles is 1. The van der Waals surface area contributed by atoms with E-state index in [4.69, 9.17) is 0 Å². The van der Waals surface area contributed by atoms with E-state index in [1.165, 1.54) is 27.6 Å². The summed E-state index contributed by atoms with van der Waals surface area (Å²) in [4.78, 5) is 0. The van der Waals surface area contributed by atoms with Crippen LogP contribution < -0.4 is 0 Å². The van der Waals surface area contributed by atoms with Gasteiger partial charge in [0, 0.05) is 21.9 Å². The van der Waals surface area contributed by atoms with E-state index in [2.05, 4.69) is 97.3 Å². The molecule has 0 saturated heterocycles. The summed E-state index contributed by atoms with van der Waals surface area (Å²) in [7, 11) is 0. The van der Waals surface area contributed by atoms with Gasteiger partial charge in [0.1, 0.15) is 0 Å². The SMILES string of the molecule is CC1(C)c2ccccc2-c2cc(-n3c4ccccc4c4cc(C#N)ccc43)ccc21. The van der Waals surface area contributed by atoms with Crippen molar-refractivity contribution < 1.29 is 0 Å². The second-order valence-electron chi connectivity index (χ2n) is 8.60. The zero-order valence-electron chi connectivity index (χ0n) is 17.0. The first-order chi connectivity index (χ1) is 14.6. The topological polar surface area (TPSA) is 28.7 Å². The van der Waals surface area contributed by atoms with E-state index in [9.17, 15) is 5.26 Å². The Labute approximate surface area is 175 Å². The van der Waals surface area contributed by atoms with Crippen LogP contribution in [0, 0.1) is 11.3 Å². The highest BCUT2D eigenvalue weighted by atomic mass is 15.0. The fourth-order valence-electron chi connectivity index (χ4n) is 5.17. The molecule has 0 atom stereocenters. The number of nitrogens with zero attached hydrogens (tertiary/aromatic N) is 2. The van der Waals surface area contributed by atoms with Gasteiger partial charge in [0.15, 0.2) is 0 Å². The molecule has 2 nitrogen and oxygen atoms in total. The van der Waals surface area contributed by atoms with Crippen LogP contribution in [0.4, 0.5) is 0 Å². The van der Waals surface area contributed by atoms with E-state index in [1.807, 2.05) is 12.1 Å². The minimum atomic E-state index is 0.00692. The normalized spacial score (nSPS) is 13.9. The van der Waals surface area contributed by atoms with Gasteiger partial charge < -0.3 is 4.57 Å². The molecule has 1 aliphatic carbocycles. The largest absolute Gasteiger partial charge is 0.309 e. The van der Waals surface area contributed by atoms with Crippen molar-refractivity contribution in [2.45, 2.75) is 19.3 Å². The van der Waals surface area contributed by atoms with Crippen LogP contribution in [-0.4, -0.2) is 4.57 Å². The van der Waals surface area contributed by atoms with E-state index in [0.29, 0.717) is 5.56 Å². The first-order valence-corrected chi connectivity index (χ1v) is 10.3. The maximum atomic E-state index is 9.38. The molecule has 1 aromatic heterocycles. The van der Waals surface area contributed by atoms with E-state index in [0.717, 1.165) is 22.1 Å². The molecule has 4 aromatic carbocycles. The Kier molecular flexibility index (Phi) is 3.32. The number of hydrogen-bond donors (Lipinski definition) is 0. The summed E-state index contributed by atoms with van der Waals surface area (Å²) in [6.45, 7) is 4.61. The average molecular weight is 384 g/mol. The van der Waals surface area contributed by atoms with E-state index >= 15 is 0 Å². The fraction of sp³-hybridized carbons (Fsp3) is 0.107. The van der Waals surface area contributed by atoms with Crippen LogP contribution in [0.1, 0.15) is 30.5 Å². The Hall–Kier alpha value is -3.83. The molecule has 0 N–H and O–H groups in total. The number of para-hydroxylation sites is 1. The maximum Gasteiger partial charge on any atom is 0.0991 e. The molecule has 0 amide bonds. The summed E-state index contributed by atoms with van der Waals surface area (Å²) < 4.78 is 2.32. The van der Waals surface area contributed by atoms with Gasteiger partial charge in [-0.25, -0.2) is 0 Å². The summed E-state index contributed by atoms with van der Waals surface area (Å²) in [5.74, 6) is 0. The molecule has 1 aliphatic rings. The molecule has 1 heterocycles. The molecule has 2 heteroatoms. The van der Waals surface area contributed by atoms with Gasteiger partial charge in [-0.15, -0.1) is 0 Å². The van der Waals surface area contributed by atoms with Crippen molar-refractivity contribution in [3.8, 4) is 22.9 Å². The highest BCUT2D eigenvalue weighted by Gasteiger charge is 2.35. The fourth-order valence-corrected chi connectivity index (χ4v) is 5.17. The van der Waals surface area contributed by atoms with Gasteiger partial charge in [-0.1, -0.05) is 62.4 Å². The van der Waals surface area contributed by atoms with E-state index in [1.54, 1.807) is 0 Å². The predicted molar refractivity (Wildman–Crippen MR) is 123 cm³/mol. The Bertz CT molecular complexity index is 1530. The van der Waals surface area contributed by atoms with Crippen molar-refractivity contribution in [3.05, 3.63) is 102 Å². The van der Waals surface area contributed by atoms with Crippen molar-refractivity contribution in [1.29, 1.82) is 5.26 Å². The van der Waals surface area contributed by atoms with Crippen LogP contribution in [0.3, 0.4) is 0 Å². The van der Waals surface area contributed by atoms with Gasteiger partial charge in [-0.3, -0.25) is 0 Å². The second-order valence-corrected chi connectivity index (χ2v) is 8.60. The molecule has 6 rings (SSSR count). The monoisotopic (exact) mass is 384 g/mol. The third-order valence-corrected chi connectivity index (χ3v) is 6.63. The van der Waals surface area contributed by atoms with Gasteiger partial charge in [0.25, 0.3) is 0 Å². The second kappa shape index (κ2) is 5.84. The Morgan fingerprint density at radius 3 is 2.30 bits per heavy atom. The van der Waals surface area contributed by atoms with Crippen LogP contribution in [0.2, 0.25) is 0 Å². The van der Waals surface area contributed by atoms with E-state index < -0.39 is 0 Å². The Balaban J connectivity index is 1.68. The van der Waals surface area contributed by atoms with Gasteiger partial charge in [-0.2, -0.15) is 5.26 Å². The summed E-state index contributed by atoms with van der Waals surface area (Å²) >= 11 is 0. The number of aromatic nitrogens is 1. The van der Waals surface area contributed by atoms with Crippen molar-refractivity contribution in [3.63, 3.8) is 0 Å². The van der Waals surface area contributed by atoms with Crippen molar-refractivity contribution in [2.24, 2.45) is 0 Å². The summed E-state index contributed by atoms with van der Waals surface area (Å²) in [5, 5.41) is 11.7. The van der Waals surface area contributed by atoms with Crippen LogP contribution in [0.25, 0.3) is 38.6 Å². The summed E-state index contributed by atoms with van der Waals surface area (Å²) in [5.41, 5.74) is 9.53. The smallest absolute Gasteiger partial charge is 0.0991 e. The Morgan fingerprint density at radius 2 is 1.43 bits per heavy atom. The number of hydrogen-bond acceptors (Lipinski definition) is 1. The molecule has 0 aliphatic heterocycles. The average Bonchev–Trinajstić information content (AvgIpc) is 3.23. The van der Waals surface area contributed by atoms with Gasteiger partial charge in [0.05, 0.1) is 22.7 Å². The van der Waals surface area contributed by atoms with Crippen LogP contribution >= 0.6 is 0 Å². The quantitative estimate of drug-likeness (QED) is 0.307. The van der Waals surface area contributed by atoms with Gasteiger partial charge in [-0.05, 0) is 58.7 Å². The lowest BCUT2D eigenvalue weighted by atomic mass is 9.82. The highest BCUT2D eigenvalue weighted by Crippen LogP contribution is 2.49.